The third kappa shape index (κ3) is 5.68. The van der Waals surface area contributed by atoms with Gasteiger partial charge in [0.05, 0.1) is 26.7 Å². The van der Waals surface area contributed by atoms with Crippen molar-refractivity contribution in [3.05, 3.63) is 58.6 Å². The molecule has 0 aromatic heterocycles. The average molecular weight is 478 g/mol. The number of amides is 2. The summed E-state index contributed by atoms with van der Waals surface area (Å²) >= 11 is 6.24. The van der Waals surface area contributed by atoms with Crippen LogP contribution in [-0.4, -0.2) is 43.7 Å². The Kier molecular flexibility index (Phi) is 7.92. The standard InChI is InChI=1S/C23H28ClN3O4S/c1-16(2)25-22(28)18-9-5-6-10-21(18)26-23(29)19-15-17(11-12-20(19)24)32(30,31)27-13-7-3-4-8-14-27/h5-6,9-12,15-16H,3-4,7-8,13-14H2,1-2H3,(H,25,28)(H,26,29). The Morgan fingerprint density at radius 2 is 1.59 bits per heavy atom. The lowest BCUT2D eigenvalue weighted by Gasteiger charge is -2.20. The number of rotatable bonds is 6. The zero-order valence-corrected chi connectivity index (χ0v) is 19.8. The quantitative estimate of drug-likeness (QED) is 0.648. The summed E-state index contributed by atoms with van der Waals surface area (Å²) in [4.78, 5) is 25.5. The van der Waals surface area contributed by atoms with Crippen molar-refractivity contribution in [2.24, 2.45) is 0 Å². The van der Waals surface area contributed by atoms with Gasteiger partial charge < -0.3 is 10.6 Å². The van der Waals surface area contributed by atoms with Gasteiger partial charge in [-0.05, 0) is 57.0 Å². The van der Waals surface area contributed by atoms with E-state index in [4.69, 9.17) is 11.6 Å². The number of hydrogen-bond acceptors (Lipinski definition) is 4. The largest absolute Gasteiger partial charge is 0.350 e. The van der Waals surface area contributed by atoms with E-state index in [9.17, 15) is 18.0 Å². The molecule has 1 heterocycles. The van der Waals surface area contributed by atoms with Crippen LogP contribution in [-0.2, 0) is 10.0 Å². The molecule has 1 aliphatic rings. The van der Waals surface area contributed by atoms with E-state index in [0.717, 1.165) is 25.7 Å². The Bertz CT molecular complexity index is 1090. The van der Waals surface area contributed by atoms with Crippen LogP contribution in [0.1, 0.15) is 60.2 Å². The summed E-state index contributed by atoms with van der Waals surface area (Å²) in [6.07, 6.45) is 3.64. The number of nitrogens with one attached hydrogen (secondary N) is 2. The SMILES string of the molecule is CC(C)NC(=O)c1ccccc1NC(=O)c1cc(S(=O)(=O)N2CCCCCC2)ccc1Cl. The van der Waals surface area contributed by atoms with E-state index in [2.05, 4.69) is 10.6 Å². The number of sulfonamides is 1. The normalized spacial score (nSPS) is 15.2. The summed E-state index contributed by atoms with van der Waals surface area (Å²) in [7, 11) is -3.74. The van der Waals surface area contributed by atoms with Crippen molar-refractivity contribution in [3.63, 3.8) is 0 Å². The number of hydrogen-bond donors (Lipinski definition) is 2. The first-order valence-electron chi connectivity index (χ1n) is 10.7. The van der Waals surface area contributed by atoms with E-state index in [-0.39, 0.29) is 27.4 Å². The zero-order chi connectivity index (χ0) is 23.3. The van der Waals surface area contributed by atoms with E-state index >= 15 is 0 Å². The molecule has 0 spiro atoms. The molecule has 2 amide bonds. The van der Waals surface area contributed by atoms with Crippen LogP contribution in [0.2, 0.25) is 5.02 Å². The second-order valence-electron chi connectivity index (χ2n) is 8.09. The minimum atomic E-state index is -3.74. The minimum absolute atomic E-state index is 0.0276. The van der Waals surface area contributed by atoms with Crippen LogP contribution < -0.4 is 10.6 Å². The summed E-state index contributed by atoms with van der Waals surface area (Å²) in [6, 6.07) is 10.7. The van der Waals surface area contributed by atoms with Crippen LogP contribution in [0.15, 0.2) is 47.4 Å². The Morgan fingerprint density at radius 3 is 2.25 bits per heavy atom. The molecule has 1 fully saturated rings. The van der Waals surface area contributed by atoms with Crippen LogP contribution in [0.3, 0.4) is 0 Å². The van der Waals surface area contributed by atoms with Crippen molar-refractivity contribution in [3.8, 4) is 0 Å². The summed E-state index contributed by atoms with van der Waals surface area (Å²) in [5.41, 5.74) is 0.646. The Balaban J connectivity index is 1.88. The van der Waals surface area contributed by atoms with E-state index in [1.165, 1.54) is 22.5 Å². The molecule has 0 unspecified atom stereocenters. The molecule has 2 aromatic rings. The van der Waals surface area contributed by atoms with Gasteiger partial charge in [-0.3, -0.25) is 9.59 Å². The fraction of sp³-hybridized carbons (Fsp3) is 0.391. The Hall–Kier alpha value is -2.42. The number of anilines is 1. The second kappa shape index (κ2) is 10.5. The molecule has 2 aromatic carbocycles. The summed E-state index contributed by atoms with van der Waals surface area (Å²) in [5, 5.41) is 5.62. The molecule has 0 aliphatic carbocycles. The number of carbonyl (C=O) groups is 2. The summed E-state index contributed by atoms with van der Waals surface area (Å²) < 4.78 is 27.7. The molecular formula is C23H28ClN3O4S. The molecule has 172 valence electrons. The Labute approximate surface area is 194 Å². The molecule has 0 atom stereocenters. The average Bonchev–Trinajstić information content (AvgIpc) is 3.04. The number of para-hydroxylation sites is 1. The minimum Gasteiger partial charge on any atom is -0.350 e. The lowest BCUT2D eigenvalue weighted by Crippen LogP contribution is -2.32. The molecule has 7 nitrogen and oxygen atoms in total. The molecule has 0 bridgehead atoms. The number of halogens is 1. The predicted molar refractivity (Wildman–Crippen MR) is 126 cm³/mol. The molecule has 9 heteroatoms. The summed E-state index contributed by atoms with van der Waals surface area (Å²) in [6.45, 7) is 4.61. The van der Waals surface area contributed by atoms with Crippen molar-refractivity contribution in [2.45, 2.75) is 50.5 Å². The van der Waals surface area contributed by atoms with Crippen molar-refractivity contribution < 1.29 is 18.0 Å². The number of nitrogens with zero attached hydrogens (tertiary/aromatic N) is 1. The molecular weight excluding hydrogens is 450 g/mol. The van der Waals surface area contributed by atoms with Gasteiger partial charge >= 0.3 is 0 Å². The van der Waals surface area contributed by atoms with Gasteiger partial charge in [0.25, 0.3) is 11.8 Å². The first-order valence-corrected chi connectivity index (χ1v) is 12.5. The van der Waals surface area contributed by atoms with Gasteiger partial charge in [-0.25, -0.2) is 8.42 Å². The molecule has 0 radical (unpaired) electrons. The highest BCUT2D eigenvalue weighted by Crippen LogP contribution is 2.26. The van der Waals surface area contributed by atoms with E-state index in [1.807, 2.05) is 13.8 Å². The highest BCUT2D eigenvalue weighted by Gasteiger charge is 2.27. The van der Waals surface area contributed by atoms with E-state index in [0.29, 0.717) is 24.3 Å². The van der Waals surface area contributed by atoms with Crippen LogP contribution in [0.5, 0.6) is 0 Å². The van der Waals surface area contributed by atoms with Crippen LogP contribution in [0, 0.1) is 0 Å². The lowest BCUT2D eigenvalue weighted by molar-refractivity contribution is 0.0944. The van der Waals surface area contributed by atoms with Crippen molar-refractivity contribution in [1.82, 2.24) is 9.62 Å². The molecule has 0 saturated carbocycles. The Morgan fingerprint density at radius 1 is 0.938 bits per heavy atom. The molecule has 3 rings (SSSR count). The van der Waals surface area contributed by atoms with Gasteiger partial charge in [-0.1, -0.05) is 36.6 Å². The summed E-state index contributed by atoms with van der Waals surface area (Å²) in [5.74, 6) is -0.910. The molecule has 2 N–H and O–H groups in total. The molecule has 32 heavy (non-hydrogen) atoms. The third-order valence-electron chi connectivity index (χ3n) is 5.22. The monoisotopic (exact) mass is 477 g/mol. The van der Waals surface area contributed by atoms with Gasteiger partial charge in [0.1, 0.15) is 0 Å². The van der Waals surface area contributed by atoms with Gasteiger partial charge in [0.15, 0.2) is 0 Å². The number of benzene rings is 2. The lowest BCUT2D eigenvalue weighted by atomic mass is 10.1. The van der Waals surface area contributed by atoms with Crippen LogP contribution in [0.25, 0.3) is 0 Å². The maximum atomic E-state index is 13.1. The molecule has 1 aliphatic heterocycles. The number of carbonyl (C=O) groups excluding carboxylic acids is 2. The second-order valence-corrected chi connectivity index (χ2v) is 10.4. The molecule has 1 saturated heterocycles. The first kappa shape index (κ1) is 24.2. The van der Waals surface area contributed by atoms with Gasteiger partial charge in [0.2, 0.25) is 10.0 Å². The van der Waals surface area contributed by atoms with E-state index < -0.39 is 15.9 Å². The third-order valence-corrected chi connectivity index (χ3v) is 7.45. The van der Waals surface area contributed by atoms with Gasteiger partial charge in [0, 0.05) is 19.1 Å². The van der Waals surface area contributed by atoms with Gasteiger partial charge in [-0.15, -0.1) is 0 Å². The van der Waals surface area contributed by atoms with E-state index in [1.54, 1.807) is 24.3 Å². The fourth-order valence-corrected chi connectivity index (χ4v) is 5.34. The van der Waals surface area contributed by atoms with Crippen LogP contribution in [0.4, 0.5) is 5.69 Å². The van der Waals surface area contributed by atoms with Crippen molar-refractivity contribution in [1.29, 1.82) is 0 Å². The van der Waals surface area contributed by atoms with Gasteiger partial charge in [-0.2, -0.15) is 4.31 Å². The topological polar surface area (TPSA) is 95.6 Å². The smallest absolute Gasteiger partial charge is 0.257 e. The maximum Gasteiger partial charge on any atom is 0.257 e. The van der Waals surface area contributed by atoms with Crippen LogP contribution >= 0.6 is 11.6 Å². The van der Waals surface area contributed by atoms with Crippen molar-refractivity contribution in [2.75, 3.05) is 18.4 Å². The highest BCUT2D eigenvalue weighted by molar-refractivity contribution is 7.89. The maximum absolute atomic E-state index is 13.1. The zero-order valence-electron chi connectivity index (χ0n) is 18.2. The first-order chi connectivity index (χ1) is 15.2. The van der Waals surface area contributed by atoms with Crippen molar-refractivity contribution >= 4 is 39.1 Å². The predicted octanol–water partition coefficient (Wildman–Crippen LogP) is 4.30. The fourth-order valence-electron chi connectivity index (χ4n) is 3.59. The highest BCUT2D eigenvalue weighted by atomic mass is 35.5.